The predicted molar refractivity (Wildman–Crippen MR) is 59.3 cm³/mol. The van der Waals surface area contributed by atoms with E-state index in [9.17, 15) is 0 Å². The minimum atomic E-state index is 0. The summed E-state index contributed by atoms with van der Waals surface area (Å²) in [5, 5.41) is 3.55. The summed E-state index contributed by atoms with van der Waals surface area (Å²) in [7, 11) is 0. The van der Waals surface area contributed by atoms with Crippen LogP contribution < -0.4 is 5.53 Å². The van der Waals surface area contributed by atoms with E-state index < -0.39 is 0 Å². The van der Waals surface area contributed by atoms with Crippen molar-refractivity contribution in [1.29, 1.82) is 0 Å². The van der Waals surface area contributed by atoms with Crippen LogP contribution in [0.5, 0.6) is 0 Å². The fourth-order valence-electron chi connectivity index (χ4n) is 0.992. The first-order valence-electron chi connectivity index (χ1n) is 4.63. The van der Waals surface area contributed by atoms with E-state index in [1.165, 1.54) is 0 Å². The molecule has 0 aromatic heterocycles. The van der Waals surface area contributed by atoms with Gasteiger partial charge in [0.2, 0.25) is 0 Å². The molecule has 3 heteroatoms. The topological polar surface area (TPSA) is 38.0 Å². The molecule has 2 rings (SSSR count). The quantitative estimate of drug-likeness (QED) is 0.616. The van der Waals surface area contributed by atoms with Gasteiger partial charge in [0.05, 0.1) is 0 Å². The molecule has 0 spiro atoms. The van der Waals surface area contributed by atoms with E-state index in [0.29, 0.717) is 0 Å². The number of nitrogens with two attached hydrogens (primary N) is 1. The molecule has 0 heterocycles. The molecule has 0 unspecified atom stereocenters. The summed E-state index contributed by atoms with van der Waals surface area (Å²) in [6.45, 7) is 1.95. The summed E-state index contributed by atoms with van der Waals surface area (Å²) in [6, 6.07) is 20.9. The van der Waals surface area contributed by atoms with Crippen molar-refractivity contribution in [3.63, 3.8) is 0 Å². The van der Waals surface area contributed by atoms with Crippen molar-refractivity contribution in [1.82, 2.24) is 0 Å². The second kappa shape index (κ2) is 9.38. The van der Waals surface area contributed by atoms with E-state index in [-0.39, 0.29) is 32.7 Å². The van der Waals surface area contributed by atoms with Gasteiger partial charge in [-0.05, 0) is 5.11 Å². The van der Waals surface area contributed by atoms with Crippen molar-refractivity contribution in [2.75, 3.05) is 0 Å². The van der Waals surface area contributed by atoms with Gasteiger partial charge in [-0.3, -0.25) is 0 Å². The number of hydrogen-bond acceptors (Lipinski definition) is 1. The Kier molecular flexibility index (Phi) is 8.87. The van der Waals surface area contributed by atoms with Crippen molar-refractivity contribution in [2.45, 2.75) is 6.92 Å². The molecule has 0 saturated heterocycles. The molecule has 0 aliphatic rings. The molecular formula is C13H13N2Y-. The predicted octanol–water partition coefficient (Wildman–Crippen LogP) is 2.12. The van der Waals surface area contributed by atoms with Crippen LogP contribution in [0, 0.1) is 19.1 Å². The van der Waals surface area contributed by atoms with E-state index in [1.807, 2.05) is 49.4 Å². The van der Waals surface area contributed by atoms with Gasteiger partial charge in [-0.2, -0.15) is 60.1 Å². The molecule has 0 fully saturated rings. The van der Waals surface area contributed by atoms with E-state index in [1.54, 1.807) is 6.07 Å². The van der Waals surface area contributed by atoms with E-state index in [0.717, 1.165) is 11.3 Å². The number of aryl methyl sites for hydroxylation is 1. The van der Waals surface area contributed by atoms with Crippen LogP contribution in [0.4, 0.5) is 5.69 Å². The Bertz CT molecular complexity index is 375. The first kappa shape index (κ1) is 15.1. The molecule has 0 aliphatic carbocycles. The molecule has 2 aromatic carbocycles. The van der Waals surface area contributed by atoms with Crippen molar-refractivity contribution >= 4 is 5.69 Å². The van der Waals surface area contributed by atoms with Crippen LogP contribution in [0.1, 0.15) is 5.56 Å². The van der Waals surface area contributed by atoms with E-state index in [2.05, 4.69) is 17.2 Å². The molecule has 0 bridgehead atoms. The largest absolute Gasteiger partial charge is 0.184 e. The van der Waals surface area contributed by atoms with E-state index in [4.69, 9.17) is 5.53 Å². The molecule has 2 nitrogen and oxygen atoms in total. The minimum absolute atomic E-state index is 0. The van der Waals surface area contributed by atoms with Crippen LogP contribution in [0.2, 0.25) is 0 Å². The van der Waals surface area contributed by atoms with Gasteiger partial charge in [0, 0.05) is 38.4 Å². The summed E-state index contributed by atoms with van der Waals surface area (Å²) in [6.07, 6.45) is 0. The Morgan fingerprint density at radius 3 is 2.06 bits per heavy atom. The molecule has 0 amide bonds. The summed E-state index contributed by atoms with van der Waals surface area (Å²) in [5.74, 6) is 0. The van der Waals surface area contributed by atoms with Crippen LogP contribution in [0.3, 0.4) is 0 Å². The van der Waals surface area contributed by atoms with E-state index >= 15 is 0 Å². The third-order valence-corrected chi connectivity index (χ3v) is 1.79. The average Bonchev–Trinajstić information content (AvgIpc) is 2.33. The molecule has 0 saturated carbocycles. The summed E-state index contributed by atoms with van der Waals surface area (Å²) < 4.78 is 0. The second-order valence-corrected chi connectivity index (χ2v) is 2.92. The van der Waals surface area contributed by atoms with Crippen LogP contribution >= 0.6 is 0 Å². The molecule has 1 radical (unpaired) electrons. The zero-order valence-electron chi connectivity index (χ0n) is 9.22. The van der Waals surface area contributed by atoms with Gasteiger partial charge in [0.1, 0.15) is 0 Å². The summed E-state index contributed by atoms with van der Waals surface area (Å²) >= 11 is 0. The van der Waals surface area contributed by atoms with Crippen LogP contribution in [0.15, 0.2) is 53.6 Å². The van der Waals surface area contributed by atoms with Crippen molar-refractivity contribution in [3.8, 4) is 0 Å². The normalized spacial score (nSPS) is 8.06. The molecule has 0 atom stereocenters. The maximum Gasteiger partial charge on any atom is 0.0248 e. The van der Waals surface area contributed by atoms with Crippen molar-refractivity contribution in [2.24, 2.45) is 5.11 Å². The molecular weight excluding hydrogens is 273 g/mol. The third-order valence-electron chi connectivity index (χ3n) is 1.79. The molecule has 0 aliphatic heterocycles. The Hall–Kier alpha value is -0.856. The third kappa shape index (κ3) is 5.89. The van der Waals surface area contributed by atoms with Gasteiger partial charge < -0.3 is 0 Å². The minimum Gasteiger partial charge on any atom is -0.184 e. The maximum atomic E-state index is 5.06. The monoisotopic (exact) mass is 286 g/mol. The number of hydrogen-bond donors (Lipinski definition) is 1. The van der Waals surface area contributed by atoms with Crippen molar-refractivity contribution < 1.29 is 38.2 Å². The fraction of sp³-hybridized carbons (Fsp3) is 0.0769. The summed E-state index contributed by atoms with van der Waals surface area (Å²) in [5.41, 5.74) is 6.94. The average molecular weight is 286 g/mol. The standard InChI is InChI=1S/C7H7N2.C6H5.Y/c1-6-4-2-3-5-7(6)9-8;1-2-4-6-5-3-1;/h3-5,8H,1H3;1-5H;/q2*-1;/p+1. The number of benzene rings is 2. The van der Waals surface area contributed by atoms with Crippen LogP contribution in [-0.2, 0) is 32.7 Å². The van der Waals surface area contributed by atoms with Gasteiger partial charge >= 0.3 is 0 Å². The molecule has 16 heavy (non-hydrogen) atoms. The smallest absolute Gasteiger partial charge is 0.0248 e. The SMILES string of the molecule is Cc1c[c-]ccc1N=[NH2+].[Y].[c-]1ccccc1. The Morgan fingerprint density at radius 1 is 1.06 bits per heavy atom. The zero-order chi connectivity index (χ0) is 10.9. The molecule has 79 valence electrons. The maximum absolute atomic E-state index is 5.06. The molecule has 2 aromatic rings. The van der Waals surface area contributed by atoms with Gasteiger partial charge in [0.25, 0.3) is 0 Å². The first-order valence-corrected chi connectivity index (χ1v) is 4.63. The van der Waals surface area contributed by atoms with Gasteiger partial charge in [-0.15, -0.1) is 11.6 Å². The number of nitrogens with zero attached hydrogens (tertiary/aromatic N) is 1. The fourth-order valence-corrected chi connectivity index (χ4v) is 0.992. The van der Waals surface area contributed by atoms with Gasteiger partial charge in [0.15, 0.2) is 0 Å². The second-order valence-electron chi connectivity index (χ2n) is 2.92. The van der Waals surface area contributed by atoms with Gasteiger partial charge in [-0.1, -0.05) is 6.92 Å². The molecule has 2 N–H and O–H groups in total. The van der Waals surface area contributed by atoms with Crippen LogP contribution in [0.25, 0.3) is 0 Å². The van der Waals surface area contributed by atoms with Gasteiger partial charge in [-0.25, -0.2) is 0 Å². The van der Waals surface area contributed by atoms with Crippen molar-refractivity contribution in [3.05, 3.63) is 66.2 Å². The Balaban J connectivity index is 0.000000283. The zero-order valence-corrected chi connectivity index (χ0v) is 12.1. The Morgan fingerprint density at radius 2 is 1.75 bits per heavy atom. The summed E-state index contributed by atoms with van der Waals surface area (Å²) in [4.78, 5) is 0. The van der Waals surface area contributed by atoms with Crippen LogP contribution in [-0.4, -0.2) is 0 Å². The Labute approximate surface area is 121 Å². The number of rotatable bonds is 1. The first-order chi connectivity index (χ1) is 7.34.